The molecule has 0 unspecified atom stereocenters. The molecule has 0 radical (unpaired) electrons. The molecule has 1 aromatic heterocycles. The van der Waals surface area contributed by atoms with Gasteiger partial charge in [0, 0.05) is 11.8 Å². The molecular weight excluding hydrogens is 189 g/mol. The van der Waals surface area contributed by atoms with Crippen LogP contribution in [0, 0.1) is 5.82 Å². The molecule has 1 rings (SSSR count). The second-order valence-corrected chi connectivity index (χ2v) is 2.69. The van der Waals surface area contributed by atoms with E-state index in [-0.39, 0.29) is 12.0 Å². The van der Waals surface area contributed by atoms with Gasteiger partial charge in [0.25, 0.3) is 0 Å². The number of halogens is 1. The third kappa shape index (κ3) is 2.50. The SMILES string of the molecule is COC(=O)C[C@@H](O)c1ccncc1F. The maximum absolute atomic E-state index is 13.0. The number of carbonyl (C=O) groups is 1. The summed E-state index contributed by atoms with van der Waals surface area (Å²) in [6.45, 7) is 0. The van der Waals surface area contributed by atoms with Gasteiger partial charge in [-0.05, 0) is 6.07 Å². The third-order valence-electron chi connectivity index (χ3n) is 1.75. The first-order valence-corrected chi connectivity index (χ1v) is 3.99. The molecule has 1 atom stereocenters. The molecule has 1 N–H and O–H groups in total. The van der Waals surface area contributed by atoms with Crippen molar-refractivity contribution in [1.82, 2.24) is 4.98 Å². The van der Waals surface area contributed by atoms with E-state index >= 15 is 0 Å². The number of methoxy groups -OCH3 is 1. The highest BCUT2D eigenvalue weighted by Crippen LogP contribution is 2.18. The lowest BCUT2D eigenvalue weighted by Crippen LogP contribution is -2.09. The summed E-state index contributed by atoms with van der Waals surface area (Å²) < 4.78 is 17.4. The van der Waals surface area contributed by atoms with Crippen LogP contribution < -0.4 is 0 Å². The fourth-order valence-corrected chi connectivity index (χ4v) is 1.01. The normalized spacial score (nSPS) is 12.2. The molecule has 5 heteroatoms. The number of hydrogen-bond donors (Lipinski definition) is 1. The number of nitrogens with zero attached hydrogens (tertiary/aromatic N) is 1. The summed E-state index contributed by atoms with van der Waals surface area (Å²) in [4.78, 5) is 14.3. The Labute approximate surface area is 80.3 Å². The van der Waals surface area contributed by atoms with Gasteiger partial charge in [0.1, 0.15) is 5.82 Å². The average molecular weight is 199 g/mol. The van der Waals surface area contributed by atoms with Gasteiger partial charge in [-0.15, -0.1) is 0 Å². The lowest BCUT2D eigenvalue weighted by Gasteiger charge is -2.09. The van der Waals surface area contributed by atoms with Crippen molar-refractivity contribution in [2.45, 2.75) is 12.5 Å². The maximum Gasteiger partial charge on any atom is 0.308 e. The first-order chi connectivity index (χ1) is 6.65. The highest BCUT2D eigenvalue weighted by molar-refractivity contribution is 5.70. The Balaban J connectivity index is 2.74. The van der Waals surface area contributed by atoms with Crippen LogP contribution in [-0.2, 0) is 9.53 Å². The van der Waals surface area contributed by atoms with Crippen molar-refractivity contribution in [3.05, 3.63) is 29.8 Å². The minimum atomic E-state index is -1.19. The van der Waals surface area contributed by atoms with Crippen molar-refractivity contribution in [3.8, 4) is 0 Å². The van der Waals surface area contributed by atoms with E-state index in [2.05, 4.69) is 9.72 Å². The van der Waals surface area contributed by atoms with Crippen LogP contribution in [0.4, 0.5) is 4.39 Å². The van der Waals surface area contributed by atoms with E-state index in [0.717, 1.165) is 6.20 Å². The molecule has 14 heavy (non-hydrogen) atoms. The van der Waals surface area contributed by atoms with E-state index in [1.54, 1.807) is 0 Å². The monoisotopic (exact) mass is 199 g/mol. The fraction of sp³-hybridized carbons (Fsp3) is 0.333. The highest BCUT2D eigenvalue weighted by Gasteiger charge is 2.16. The standard InChI is InChI=1S/C9H10FNO3/c1-14-9(13)4-8(12)6-2-3-11-5-7(6)10/h2-3,5,8,12H,4H2,1H3/t8-/m1/s1. The molecule has 0 spiro atoms. The first-order valence-electron chi connectivity index (χ1n) is 3.99. The number of aromatic nitrogens is 1. The topological polar surface area (TPSA) is 59.4 Å². The van der Waals surface area contributed by atoms with Crippen LogP contribution in [0.25, 0.3) is 0 Å². The van der Waals surface area contributed by atoms with Gasteiger partial charge in [-0.2, -0.15) is 0 Å². The number of aliphatic hydroxyl groups excluding tert-OH is 1. The summed E-state index contributed by atoms with van der Waals surface area (Å²) in [6.07, 6.45) is 0.872. The Kier molecular flexibility index (Phi) is 3.53. The minimum Gasteiger partial charge on any atom is -0.469 e. The van der Waals surface area contributed by atoms with Gasteiger partial charge in [0.05, 0.1) is 25.8 Å². The van der Waals surface area contributed by atoms with Gasteiger partial charge >= 0.3 is 5.97 Å². The van der Waals surface area contributed by atoms with Crippen molar-refractivity contribution < 1.29 is 19.0 Å². The molecule has 0 saturated heterocycles. The summed E-state index contributed by atoms with van der Waals surface area (Å²) in [5.74, 6) is -1.22. The molecule has 0 aliphatic rings. The number of carbonyl (C=O) groups excluding carboxylic acids is 1. The zero-order valence-electron chi connectivity index (χ0n) is 7.61. The number of aliphatic hydroxyl groups is 1. The maximum atomic E-state index is 13.0. The highest BCUT2D eigenvalue weighted by atomic mass is 19.1. The van der Waals surface area contributed by atoms with Crippen molar-refractivity contribution in [1.29, 1.82) is 0 Å². The Morgan fingerprint density at radius 2 is 2.50 bits per heavy atom. The number of hydrogen-bond acceptors (Lipinski definition) is 4. The second-order valence-electron chi connectivity index (χ2n) is 2.69. The third-order valence-corrected chi connectivity index (χ3v) is 1.75. The molecule has 76 valence electrons. The van der Waals surface area contributed by atoms with Crippen LogP contribution >= 0.6 is 0 Å². The Hall–Kier alpha value is -1.49. The van der Waals surface area contributed by atoms with E-state index in [4.69, 9.17) is 0 Å². The van der Waals surface area contributed by atoms with Gasteiger partial charge in [0.2, 0.25) is 0 Å². The fourth-order valence-electron chi connectivity index (χ4n) is 1.01. The first kappa shape index (κ1) is 10.6. The quantitative estimate of drug-likeness (QED) is 0.732. The summed E-state index contributed by atoms with van der Waals surface area (Å²) in [6, 6.07) is 1.32. The number of pyridine rings is 1. The van der Waals surface area contributed by atoms with E-state index in [9.17, 15) is 14.3 Å². The predicted octanol–water partition coefficient (Wildman–Crippen LogP) is 0.817. The number of esters is 1. The van der Waals surface area contributed by atoms with E-state index in [1.807, 2.05) is 0 Å². The summed E-state index contributed by atoms with van der Waals surface area (Å²) >= 11 is 0. The molecule has 4 nitrogen and oxygen atoms in total. The molecule has 1 aromatic rings. The van der Waals surface area contributed by atoms with Crippen molar-refractivity contribution in [2.24, 2.45) is 0 Å². The molecule has 1 heterocycles. The van der Waals surface area contributed by atoms with Gasteiger partial charge < -0.3 is 9.84 Å². The van der Waals surface area contributed by atoms with Gasteiger partial charge in [0.15, 0.2) is 0 Å². The Bertz CT molecular complexity index is 330. The van der Waals surface area contributed by atoms with Crippen molar-refractivity contribution >= 4 is 5.97 Å². The van der Waals surface area contributed by atoms with Crippen molar-refractivity contribution in [3.63, 3.8) is 0 Å². The molecule has 0 aliphatic carbocycles. The summed E-state index contributed by atoms with van der Waals surface area (Å²) in [7, 11) is 1.21. The van der Waals surface area contributed by atoms with Gasteiger partial charge in [-0.25, -0.2) is 4.39 Å². The predicted molar refractivity (Wildman–Crippen MR) is 45.8 cm³/mol. The second kappa shape index (κ2) is 4.66. The summed E-state index contributed by atoms with van der Waals surface area (Å²) in [5, 5.41) is 9.43. The Morgan fingerprint density at radius 1 is 1.79 bits per heavy atom. The lowest BCUT2D eigenvalue weighted by atomic mass is 10.1. The van der Waals surface area contributed by atoms with Crippen LogP contribution in [0.5, 0.6) is 0 Å². The average Bonchev–Trinajstić information content (AvgIpc) is 2.18. The zero-order valence-corrected chi connectivity index (χ0v) is 7.61. The van der Waals surface area contributed by atoms with E-state index in [1.165, 1.54) is 19.4 Å². The molecular formula is C9H10FNO3. The smallest absolute Gasteiger partial charge is 0.308 e. The molecule has 0 aromatic carbocycles. The van der Waals surface area contributed by atoms with Crippen molar-refractivity contribution in [2.75, 3.05) is 7.11 Å². The van der Waals surface area contributed by atoms with Crippen LogP contribution in [0.1, 0.15) is 18.1 Å². The van der Waals surface area contributed by atoms with Gasteiger partial charge in [-0.3, -0.25) is 9.78 Å². The van der Waals surface area contributed by atoms with Crippen LogP contribution in [0.15, 0.2) is 18.5 Å². The van der Waals surface area contributed by atoms with Crippen LogP contribution in [0.2, 0.25) is 0 Å². The van der Waals surface area contributed by atoms with Crippen LogP contribution in [0.3, 0.4) is 0 Å². The van der Waals surface area contributed by atoms with Crippen LogP contribution in [-0.4, -0.2) is 23.2 Å². The molecule has 0 aliphatic heterocycles. The van der Waals surface area contributed by atoms with E-state index < -0.39 is 17.9 Å². The molecule has 0 amide bonds. The Morgan fingerprint density at radius 3 is 3.07 bits per heavy atom. The number of rotatable bonds is 3. The molecule has 0 saturated carbocycles. The largest absolute Gasteiger partial charge is 0.469 e. The number of ether oxygens (including phenoxy) is 1. The van der Waals surface area contributed by atoms with E-state index in [0.29, 0.717) is 0 Å². The lowest BCUT2D eigenvalue weighted by molar-refractivity contribution is -0.142. The van der Waals surface area contributed by atoms with Gasteiger partial charge in [-0.1, -0.05) is 0 Å². The molecule has 0 bridgehead atoms. The molecule has 0 fully saturated rings. The summed E-state index contributed by atoms with van der Waals surface area (Å²) in [5.41, 5.74) is 0.0467. The zero-order chi connectivity index (χ0) is 10.6. The minimum absolute atomic E-state index is 0.0467.